The predicted octanol–water partition coefficient (Wildman–Crippen LogP) is 0.476. The van der Waals surface area contributed by atoms with Crippen LogP contribution in [0.15, 0.2) is 29.4 Å². The summed E-state index contributed by atoms with van der Waals surface area (Å²) < 4.78 is 4.48. The van der Waals surface area contributed by atoms with Gasteiger partial charge in [-0.05, 0) is 0 Å². The minimum absolute atomic E-state index is 0.0417. The molecule has 0 unspecified atom stereocenters. The number of nitroso groups, excluding NO2 is 1. The van der Waals surface area contributed by atoms with Crippen molar-refractivity contribution >= 4 is 6.09 Å². The van der Waals surface area contributed by atoms with Gasteiger partial charge in [0, 0.05) is 6.08 Å². The zero-order chi connectivity index (χ0) is 8.97. The molecule has 0 fully saturated rings. The molecule has 1 aliphatic heterocycles. The molecule has 64 valence electrons. The van der Waals surface area contributed by atoms with Crippen LogP contribution in [0.5, 0.6) is 0 Å². The van der Waals surface area contributed by atoms with Gasteiger partial charge in [0.2, 0.25) is 5.88 Å². The number of rotatable bonds is 2. The molecule has 1 heterocycles. The van der Waals surface area contributed by atoms with Gasteiger partial charge in [-0.3, -0.25) is 0 Å². The number of ether oxygens (including phenoxy) is 1. The second kappa shape index (κ2) is 3.51. The number of allylic oxidation sites excluding steroid dienone is 2. The molecule has 0 aliphatic carbocycles. The Morgan fingerprint density at radius 3 is 3.08 bits per heavy atom. The Hall–Kier alpha value is -1.85. The first-order valence-corrected chi connectivity index (χ1v) is 3.19. The first-order valence-electron chi connectivity index (χ1n) is 3.19. The molecule has 0 spiro atoms. The quantitative estimate of drug-likeness (QED) is 0.609. The van der Waals surface area contributed by atoms with Crippen LogP contribution in [-0.2, 0) is 4.74 Å². The van der Waals surface area contributed by atoms with Crippen LogP contribution < -0.4 is 5.73 Å². The molecule has 1 aliphatic rings. The van der Waals surface area contributed by atoms with E-state index >= 15 is 0 Å². The maximum atomic E-state index is 10.3. The first-order chi connectivity index (χ1) is 5.74. The van der Waals surface area contributed by atoms with E-state index in [9.17, 15) is 9.70 Å². The fourth-order valence-corrected chi connectivity index (χ4v) is 0.750. The molecular weight excluding hydrogens is 162 g/mol. The maximum absolute atomic E-state index is 10.3. The molecule has 2 N–H and O–H groups in total. The third-order valence-electron chi connectivity index (χ3n) is 1.21. The smallest absolute Gasteiger partial charge is 0.392 e. The largest absolute Gasteiger partial charge is 0.411 e. The molecule has 0 aromatic carbocycles. The summed E-state index contributed by atoms with van der Waals surface area (Å²) in [7, 11) is 0. The summed E-state index contributed by atoms with van der Waals surface area (Å²) in [6, 6.07) is 0. The Balaban J connectivity index is 2.69. The van der Waals surface area contributed by atoms with Gasteiger partial charge in [-0.25, -0.2) is 4.79 Å². The van der Waals surface area contributed by atoms with Gasteiger partial charge in [-0.2, -0.15) is 5.01 Å². The lowest BCUT2D eigenvalue weighted by molar-refractivity contribution is 0.144. The van der Waals surface area contributed by atoms with E-state index in [4.69, 9.17) is 5.73 Å². The number of hydrogen-bond acceptors (Lipinski definition) is 4. The number of amides is 1. The van der Waals surface area contributed by atoms with Crippen LogP contribution in [0.3, 0.4) is 0 Å². The second-order valence-electron chi connectivity index (χ2n) is 2.02. The minimum Gasteiger partial charge on any atom is -0.392 e. The number of carbonyl (C=O) groups excluding carboxylic acids is 1. The van der Waals surface area contributed by atoms with Gasteiger partial charge < -0.3 is 10.5 Å². The highest BCUT2D eigenvalue weighted by atomic mass is 16.6. The van der Waals surface area contributed by atoms with Crippen molar-refractivity contribution in [3.8, 4) is 0 Å². The average Bonchev–Trinajstić information content (AvgIpc) is 2.04. The van der Waals surface area contributed by atoms with Crippen LogP contribution in [0, 0.1) is 4.91 Å². The molecule has 6 heteroatoms. The molecule has 0 bridgehead atoms. The maximum Gasteiger partial charge on any atom is 0.411 e. The van der Waals surface area contributed by atoms with Crippen LogP contribution in [0.4, 0.5) is 4.79 Å². The van der Waals surface area contributed by atoms with Crippen LogP contribution >= 0.6 is 0 Å². The number of hydrogen-bond donors (Lipinski definition) is 1. The highest BCUT2D eigenvalue weighted by Gasteiger charge is 2.13. The molecule has 1 rings (SSSR count). The third kappa shape index (κ3) is 1.82. The Morgan fingerprint density at radius 2 is 2.50 bits per heavy atom. The van der Waals surface area contributed by atoms with E-state index in [0.717, 1.165) is 5.01 Å². The Morgan fingerprint density at radius 1 is 1.75 bits per heavy atom. The standard InChI is InChI=1S/C6H7N3O3/c7-6(10)12-5-3-1-2-4-9(5)8-11/h1-3H,4H2,(H2,7,10). The van der Waals surface area contributed by atoms with Gasteiger partial charge in [0.15, 0.2) is 0 Å². The lowest BCUT2D eigenvalue weighted by Gasteiger charge is -2.17. The highest BCUT2D eigenvalue weighted by Crippen LogP contribution is 2.10. The van der Waals surface area contributed by atoms with Crippen molar-refractivity contribution in [3.05, 3.63) is 29.0 Å². The SMILES string of the molecule is NC(=O)OC1=CC=CCN1N=O. The van der Waals surface area contributed by atoms with Crippen LogP contribution in [0.2, 0.25) is 0 Å². The van der Waals surface area contributed by atoms with Gasteiger partial charge >= 0.3 is 6.09 Å². The summed E-state index contributed by atoms with van der Waals surface area (Å²) in [4.78, 5) is 20.4. The van der Waals surface area contributed by atoms with Crippen LogP contribution in [0.25, 0.3) is 0 Å². The van der Waals surface area contributed by atoms with E-state index < -0.39 is 6.09 Å². The highest BCUT2D eigenvalue weighted by molar-refractivity contribution is 5.66. The first kappa shape index (κ1) is 8.25. The fraction of sp³-hybridized carbons (Fsp3) is 0.167. The van der Waals surface area contributed by atoms with Gasteiger partial charge in [-0.1, -0.05) is 12.2 Å². The summed E-state index contributed by atoms with van der Waals surface area (Å²) in [5.41, 5.74) is 4.74. The van der Waals surface area contributed by atoms with Gasteiger partial charge in [0.05, 0.1) is 11.8 Å². The normalized spacial score (nSPS) is 15.3. The molecule has 0 saturated carbocycles. The van der Waals surface area contributed by atoms with Gasteiger partial charge in [0.1, 0.15) is 0 Å². The average molecular weight is 169 g/mol. The summed E-state index contributed by atoms with van der Waals surface area (Å²) >= 11 is 0. The predicted molar refractivity (Wildman–Crippen MR) is 40.4 cm³/mol. The van der Waals surface area contributed by atoms with Gasteiger partial charge in [0.25, 0.3) is 0 Å². The van der Waals surface area contributed by atoms with Crippen molar-refractivity contribution in [3.63, 3.8) is 0 Å². The van der Waals surface area contributed by atoms with E-state index in [2.05, 4.69) is 10.0 Å². The van der Waals surface area contributed by atoms with E-state index in [0.29, 0.717) is 0 Å². The molecule has 0 saturated heterocycles. The second-order valence-corrected chi connectivity index (χ2v) is 2.02. The van der Waals surface area contributed by atoms with E-state index in [1.165, 1.54) is 6.08 Å². The zero-order valence-corrected chi connectivity index (χ0v) is 6.14. The zero-order valence-electron chi connectivity index (χ0n) is 6.14. The topological polar surface area (TPSA) is 85.0 Å². The summed E-state index contributed by atoms with van der Waals surface area (Å²) in [6.45, 7) is 0.280. The summed E-state index contributed by atoms with van der Waals surface area (Å²) in [6.07, 6.45) is 3.79. The lowest BCUT2D eigenvalue weighted by Crippen LogP contribution is -2.24. The van der Waals surface area contributed by atoms with Gasteiger partial charge in [-0.15, -0.1) is 4.91 Å². The monoisotopic (exact) mass is 169 g/mol. The molecule has 0 aromatic heterocycles. The Labute approximate surface area is 68.2 Å². The molecule has 0 radical (unpaired) electrons. The van der Waals surface area contributed by atoms with Crippen LogP contribution in [0.1, 0.15) is 0 Å². The van der Waals surface area contributed by atoms with Crippen molar-refractivity contribution in [1.29, 1.82) is 0 Å². The number of carbonyl (C=O) groups is 1. The number of primary amides is 1. The number of nitrogens with two attached hydrogens (primary N) is 1. The lowest BCUT2D eigenvalue weighted by atomic mass is 10.4. The molecule has 0 aromatic rings. The molecule has 12 heavy (non-hydrogen) atoms. The molecule has 0 atom stereocenters. The minimum atomic E-state index is -0.967. The molecular formula is C6H7N3O3. The fourth-order valence-electron chi connectivity index (χ4n) is 0.750. The summed E-state index contributed by atoms with van der Waals surface area (Å²) in [5.74, 6) is 0.0417. The van der Waals surface area contributed by atoms with Crippen molar-refractivity contribution in [1.82, 2.24) is 5.01 Å². The van der Waals surface area contributed by atoms with Crippen molar-refractivity contribution < 1.29 is 9.53 Å². The van der Waals surface area contributed by atoms with Crippen molar-refractivity contribution in [2.75, 3.05) is 6.54 Å². The molecule has 1 amide bonds. The van der Waals surface area contributed by atoms with E-state index in [-0.39, 0.29) is 12.4 Å². The van der Waals surface area contributed by atoms with E-state index in [1.54, 1.807) is 12.2 Å². The Kier molecular flexibility index (Phi) is 2.42. The third-order valence-corrected chi connectivity index (χ3v) is 1.21. The summed E-state index contributed by atoms with van der Waals surface area (Å²) in [5, 5.41) is 3.59. The van der Waals surface area contributed by atoms with Crippen molar-refractivity contribution in [2.24, 2.45) is 11.0 Å². The molecule has 6 nitrogen and oxygen atoms in total. The van der Waals surface area contributed by atoms with Crippen molar-refractivity contribution in [2.45, 2.75) is 0 Å². The van der Waals surface area contributed by atoms with E-state index in [1.807, 2.05) is 0 Å². The Bertz CT molecular complexity index is 259. The van der Waals surface area contributed by atoms with Crippen LogP contribution in [-0.4, -0.2) is 17.6 Å². The number of nitrogens with zero attached hydrogens (tertiary/aromatic N) is 2.